The van der Waals surface area contributed by atoms with E-state index in [9.17, 15) is 4.79 Å². The van der Waals surface area contributed by atoms with E-state index in [2.05, 4.69) is 0 Å². The van der Waals surface area contributed by atoms with E-state index in [1.165, 1.54) is 0 Å². The molecule has 3 rings (SSSR count). The van der Waals surface area contributed by atoms with Crippen LogP contribution in [-0.4, -0.2) is 18.3 Å². The minimum absolute atomic E-state index is 0.0512. The van der Waals surface area contributed by atoms with E-state index in [0.29, 0.717) is 13.2 Å². The lowest BCUT2D eigenvalue weighted by molar-refractivity contribution is 0.298. The van der Waals surface area contributed by atoms with E-state index in [0.717, 1.165) is 33.7 Å². The molecule has 3 aromatic rings. The van der Waals surface area contributed by atoms with Crippen molar-refractivity contribution in [2.75, 3.05) is 19.5 Å². The monoisotopic (exact) mass is 324 g/mol. The number of benzene rings is 2. The Hall–Kier alpha value is -2.95. The number of anilines is 1. The van der Waals surface area contributed by atoms with Gasteiger partial charge in [0.2, 0.25) is 0 Å². The minimum atomic E-state index is -0.0512. The van der Waals surface area contributed by atoms with Crippen LogP contribution in [0.2, 0.25) is 0 Å². The van der Waals surface area contributed by atoms with Crippen LogP contribution in [0.3, 0.4) is 0 Å². The fraction of sp³-hybridized carbons (Fsp3) is 0.211. The van der Waals surface area contributed by atoms with Crippen molar-refractivity contribution in [2.45, 2.75) is 13.5 Å². The van der Waals surface area contributed by atoms with Gasteiger partial charge in [0.15, 0.2) is 0 Å². The van der Waals surface area contributed by atoms with Crippen LogP contribution in [0, 0.1) is 6.92 Å². The third kappa shape index (κ3) is 3.20. The largest absolute Gasteiger partial charge is 0.497 e. The number of nitrogens with zero attached hydrogens (tertiary/aromatic N) is 1. The number of nitrogens with two attached hydrogens (primary N) is 1. The van der Waals surface area contributed by atoms with Gasteiger partial charge in [-0.3, -0.25) is 4.79 Å². The highest BCUT2D eigenvalue weighted by Crippen LogP contribution is 2.20. The third-order valence-electron chi connectivity index (χ3n) is 4.02. The van der Waals surface area contributed by atoms with Gasteiger partial charge in [-0.2, -0.15) is 0 Å². The van der Waals surface area contributed by atoms with E-state index in [4.69, 9.17) is 15.2 Å². The molecule has 5 nitrogen and oxygen atoms in total. The quantitative estimate of drug-likeness (QED) is 0.733. The number of hydrogen-bond acceptors (Lipinski definition) is 4. The Morgan fingerprint density at radius 1 is 1.04 bits per heavy atom. The highest BCUT2D eigenvalue weighted by Gasteiger charge is 2.05. The van der Waals surface area contributed by atoms with Crippen molar-refractivity contribution in [3.05, 3.63) is 64.4 Å². The topological polar surface area (TPSA) is 66.5 Å². The molecular formula is C19H20N2O3. The van der Waals surface area contributed by atoms with Gasteiger partial charge in [0.25, 0.3) is 5.56 Å². The maximum atomic E-state index is 12.2. The molecule has 0 saturated carbocycles. The summed E-state index contributed by atoms with van der Waals surface area (Å²) in [7, 11) is 1.62. The second-order valence-corrected chi connectivity index (χ2v) is 5.61. The summed E-state index contributed by atoms with van der Waals surface area (Å²) >= 11 is 0. The summed E-state index contributed by atoms with van der Waals surface area (Å²) in [6.07, 6.45) is 0. The smallest absolute Gasteiger partial charge is 0.251 e. The number of aromatic nitrogens is 1. The van der Waals surface area contributed by atoms with Crippen LogP contribution in [0.4, 0.5) is 5.69 Å². The Kier molecular flexibility index (Phi) is 4.42. The van der Waals surface area contributed by atoms with E-state index >= 15 is 0 Å². The molecule has 0 radical (unpaired) electrons. The number of fused-ring (bicyclic) bond motifs is 1. The second-order valence-electron chi connectivity index (χ2n) is 5.61. The molecule has 1 aromatic heterocycles. The molecule has 0 atom stereocenters. The van der Waals surface area contributed by atoms with Crippen molar-refractivity contribution < 1.29 is 9.47 Å². The summed E-state index contributed by atoms with van der Waals surface area (Å²) in [6.45, 7) is 2.80. The second kappa shape index (κ2) is 6.66. The fourth-order valence-corrected chi connectivity index (χ4v) is 2.63. The van der Waals surface area contributed by atoms with Crippen LogP contribution in [0.5, 0.6) is 11.5 Å². The Morgan fingerprint density at radius 3 is 2.58 bits per heavy atom. The zero-order chi connectivity index (χ0) is 17.1. The lowest BCUT2D eigenvalue weighted by Crippen LogP contribution is -2.22. The minimum Gasteiger partial charge on any atom is -0.497 e. The molecule has 0 aliphatic carbocycles. The summed E-state index contributed by atoms with van der Waals surface area (Å²) in [5.74, 6) is 1.51. The van der Waals surface area contributed by atoms with Crippen molar-refractivity contribution in [1.29, 1.82) is 0 Å². The third-order valence-corrected chi connectivity index (χ3v) is 4.02. The Balaban J connectivity index is 1.80. The van der Waals surface area contributed by atoms with Gasteiger partial charge < -0.3 is 19.8 Å². The van der Waals surface area contributed by atoms with Crippen molar-refractivity contribution in [3.63, 3.8) is 0 Å². The first-order valence-corrected chi connectivity index (χ1v) is 7.75. The predicted octanol–water partition coefficient (Wildman–Crippen LogP) is 2.98. The van der Waals surface area contributed by atoms with E-state index in [-0.39, 0.29) is 5.56 Å². The van der Waals surface area contributed by atoms with Crippen molar-refractivity contribution in [1.82, 2.24) is 4.57 Å². The first-order valence-electron chi connectivity index (χ1n) is 7.75. The first kappa shape index (κ1) is 15.9. The van der Waals surface area contributed by atoms with Crippen LogP contribution in [-0.2, 0) is 6.54 Å². The van der Waals surface area contributed by atoms with Crippen molar-refractivity contribution in [3.8, 4) is 11.5 Å². The Morgan fingerprint density at radius 2 is 1.83 bits per heavy atom. The molecule has 0 aliphatic rings. The summed E-state index contributed by atoms with van der Waals surface area (Å²) in [5.41, 5.74) is 8.32. The number of aryl methyl sites for hydroxylation is 1. The zero-order valence-corrected chi connectivity index (χ0v) is 13.8. The molecule has 5 heteroatoms. The molecule has 1 heterocycles. The van der Waals surface area contributed by atoms with Gasteiger partial charge in [-0.05, 0) is 55.0 Å². The van der Waals surface area contributed by atoms with E-state index in [1.807, 2.05) is 43.3 Å². The molecule has 0 aliphatic heterocycles. The standard InChI is InChI=1S/C19H20N2O3/c1-13-11-16(4-6-17(13)20)24-10-9-21-18-7-5-15(23-2)12-14(18)3-8-19(21)22/h3-8,11-12H,9-10,20H2,1-2H3. The van der Waals surface area contributed by atoms with Crippen LogP contribution in [0.1, 0.15) is 5.56 Å². The number of methoxy groups -OCH3 is 1. The number of hydrogen-bond donors (Lipinski definition) is 1. The van der Waals surface area contributed by atoms with Crippen LogP contribution < -0.4 is 20.8 Å². The lowest BCUT2D eigenvalue weighted by Gasteiger charge is -2.12. The average Bonchev–Trinajstić information content (AvgIpc) is 2.59. The van der Waals surface area contributed by atoms with Gasteiger partial charge in [-0.15, -0.1) is 0 Å². The molecule has 124 valence electrons. The highest BCUT2D eigenvalue weighted by atomic mass is 16.5. The summed E-state index contributed by atoms with van der Waals surface area (Å²) in [6, 6.07) is 14.6. The molecule has 0 spiro atoms. The van der Waals surface area contributed by atoms with E-state index < -0.39 is 0 Å². The van der Waals surface area contributed by atoms with Gasteiger partial charge in [-0.1, -0.05) is 0 Å². The molecule has 0 bridgehead atoms. The summed E-state index contributed by atoms with van der Waals surface area (Å²) in [5, 5.41) is 0.956. The Labute approximate surface area is 140 Å². The Bertz CT molecular complexity index is 932. The first-order chi connectivity index (χ1) is 11.6. The maximum Gasteiger partial charge on any atom is 0.251 e. The van der Waals surface area contributed by atoms with Crippen LogP contribution in [0.25, 0.3) is 10.9 Å². The number of nitrogen functional groups attached to an aromatic ring is 1. The number of rotatable bonds is 5. The molecule has 0 amide bonds. The normalized spacial score (nSPS) is 10.8. The number of ether oxygens (including phenoxy) is 2. The fourth-order valence-electron chi connectivity index (χ4n) is 2.63. The predicted molar refractivity (Wildman–Crippen MR) is 95.8 cm³/mol. The van der Waals surface area contributed by atoms with Gasteiger partial charge in [0, 0.05) is 17.1 Å². The van der Waals surface area contributed by atoms with Crippen LogP contribution >= 0.6 is 0 Å². The molecular weight excluding hydrogens is 304 g/mol. The summed E-state index contributed by atoms with van der Waals surface area (Å²) < 4.78 is 12.7. The molecule has 0 saturated heterocycles. The van der Waals surface area contributed by atoms with Crippen LogP contribution in [0.15, 0.2) is 53.3 Å². The van der Waals surface area contributed by atoms with E-state index in [1.54, 1.807) is 23.8 Å². The average molecular weight is 324 g/mol. The molecule has 2 N–H and O–H groups in total. The van der Waals surface area contributed by atoms with Crippen molar-refractivity contribution in [2.24, 2.45) is 0 Å². The molecule has 0 fully saturated rings. The molecule has 2 aromatic carbocycles. The zero-order valence-electron chi connectivity index (χ0n) is 13.8. The van der Waals surface area contributed by atoms with Gasteiger partial charge in [0.1, 0.15) is 18.1 Å². The molecule has 24 heavy (non-hydrogen) atoms. The maximum absolute atomic E-state index is 12.2. The highest BCUT2D eigenvalue weighted by molar-refractivity contribution is 5.80. The van der Waals surface area contributed by atoms with Crippen molar-refractivity contribution >= 4 is 16.6 Å². The summed E-state index contributed by atoms with van der Waals surface area (Å²) in [4.78, 5) is 12.2. The van der Waals surface area contributed by atoms with Gasteiger partial charge >= 0.3 is 0 Å². The SMILES string of the molecule is COc1ccc2c(ccc(=O)n2CCOc2ccc(N)c(C)c2)c1. The van der Waals surface area contributed by atoms with Gasteiger partial charge in [0.05, 0.1) is 19.2 Å². The molecule has 0 unspecified atom stereocenters. The lowest BCUT2D eigenvalue weighted by atomic mass is 10.2. The van der Waals surface area contributed by atoms with Gasteiger partial charge in [-0.25, -0.2) is 0 Å². The number of pyridine rings is 1.